The van der Waals surface area contributed by atoms with Crippen molar-refractivity contribution < 1.29 is 19.3 Å². The summed E-state index contributed by atoms with van der Waals surface area (Å²) in [5.41, 5.74) is 2.33. The van der Waals surface area contributed by atoms with Gasteiger partial charge in [-0.2, -0.15) is 4.98 Å². The van der Waals surface area contributed by atoms with Crippen LogP contribution in [0.15, 0.2) is 17.1 Å². The van der Waals surface area contributed by atoms with Gasteiger partial charge in [-0.3, -0.25) is 4.57 Å². The molecule has 2 unspecified atom stereocenters. The molecule has 4 atom stereocenters. The summed E-state index contributed by atoms with van der Waals surface area (Å²) in [6.07, 6.45) is -2.74. The van der Waals surface area contributed by atoms with E-state index in [4.69, 9.17) is 15.6 Å². The molecule has 2 rings (SSSR count). The van der Waals surface area contributed by atoms with Crippen molar-refractivity contribution in [3.05, 3.63) is 22.7 Å². The maximum absolute atomic E-state index is 14.4. The molecule has 2 heterocycles. The number of nitrogens with two attached hydrogens (primary N) is 1. The van der Waals surface area contributed by atoms with Gasteiger partial charge in [-0.15, -0.1) is 0 Å². The zero-order chi connectivity index (χ0) is 13.5. The number of ether oxygens (including phenoxy) is 1. The summed E-state index contributed by atoms with van der Waals surface area (Å²) in [6, 6.07) is 1.32. The van der Waals surface area contributed by atoms with Crippen molar-refractivity contribution >= 4 is 5.82 Å². The highest BCUT2D eigenvalue weighted by atomic mass is 19.1. The van der Waals surface area contributed by atoms with E-state index in [1.54, 1.807) is 0 Å². The lowest BCUT2D eigenvalue weighted by Gasteiger charge is -2.24. The SMILES string of the molecule is CC1(F)C(O)[C@@H](CO)O[C@H]1n1ccc(N)nc1=O. The van der Waals surface area contributed by atoms with Crippen molar-refractivity contribution in [2.45, 2.75) is 31.0 Å². The topological polar surface area (TPSA) is 111 Å². The number of hydrogen-bond donors (Lipinski definition) is 3. The van der Waals surface area contributed by atoms with Gasteiger partial charge in [0.2, 0.25) is 0 Å². The maximum Gasteiger partial charge on any atom is 0.351 e. The van der Waals surface area contributed by atoms with E-state index in [0.29, 0.717) is 0 Å². The molecule has 0 spiro atoms. The molecule has 0 aliphatic carbocycles. The van der Waals surface area contributed by atoms with Crippen LogP contribution >= 0.6 is 0 Å². The number of anilines is 1. The van der Waals surface area contributed by atoms with E-state index in [9.17, 15) is 14.3 Å². The fourth-order valence-corrected chi connectivity index (χ4v) is 1.97. The summed E-state index contributed by atoms with van der Waals surface area (Å²) in [6.45, 7) is 0.551. The summed E-state index contributed by atoms with van der Waals surface area (Å²) in [5.74, 6) is 0.00839. The van der Waals surface area contributed by atoms with E-state index in [0.717, 1.165) is 11.5 Å². The van der Waals surface area contributed by atoms with Gasteiger partial charge in [0, 0.05) is 6.20 Å². The molecule has 1 aromatic heterocycles. The van der Waals surface area contributed by atoms with Crippen molar-refractivity contribution in [3.8, 4) is 0 Å². The van der Waals surface area contributed by atoms with Crippen molar-refractivity contribution in [2.24, 2.45) is 0 Å². The summed E-state index contributed by atoms with van der Waals surface area (Å²) in [7, 11) is 0. The average molecular weight is 259 g/mol. The zero-order valence-corrected chi connectivity index (χ0v) is 9.65. The van der Waals surface area contributed by atoms with Gasteiger partial charge in [0.15, 0.2) is 11.9 Å². The van der Waals surface area contributed by atoms with Gasteiger partial charge in [-0.25, -0.2) is 9.18 Å². The van der Waals surface area contributed by atoms with Crippen LogP contribution < -0.4 is 11.4 Å². The quantitative estimate of drug-likeness (QED) is 0.615. The molecule has 4 N–H and O–H groups in total. The minimum absolute atomic E-state index is 0.00839. The van der Waals surface area contributed by atoms with Crippen LogP contribution in [0.5, 0.6) is 0 Å². The van der Waals surface area contributed by atoms with Crippen LogP contribution in [-0.4, -0.2) is 44.2 Å². The first kappa shape index (κ1) is 12.9. The monoisotopic (exact) mass is 259 g/mol. The van der Waals surface area contributed by atoms with Crippen LogP contribution in [0.1, 0.15) is 13.2 Å². The normalized spacial score (nSPS) is 35.9. The van der Waals surface area contributed by atoms with E-state index in [1.807, 2.05) is 0 Å². The Morgan fingerprint density at radius 3 is 2.89 bits per heavy atom. The molecule has 1 saturated heterocycles. The molecule has 1 fully saturated rings. The van der Waals surface area contributed by atoms with Crippen molar-refractivity contribution in [2.75, 3.05) is 12.3 Å². The highest BCUT2D eigenvalue weighted by molar-refractivity contribution is 5.23. The first-order chi connectivity index (χ1) is 8.37. The number of rotatable bonds is 2. The maximum atomic E-state index is 14.4. The van der Waals surface area contributed by atoms with Gasteiger partial charge in [0.25, 0.3) is 0 Å². The first-order valence-corrected chi connectivity index (χ1v) is 5.36. The summed E-state index contributed by atoms with van der Waals surface area (Å²) in [4.78, 5) is 15.1. The summed E-state index contributed by atoms with van der Waals surface area (Å²) >= 11 is 0. The van der Waals surface area contributed by atoms with Crippen LogP contribution in [0.4, 0.5) is 10.2 Å². The zero-order valence-electron chi connectivity index (χ0n) is 9.65. The lowest BCUT2D eigenvalue weighted by atomic mass is 9.98. The molecule has 0 aromatic carbocycles. The summed E-state index contributed by atoms with van der Waals surface area (Å²) in [5, 5.41) is 18.6. The predicted molar refractivity (Wildman–Crippen MR) is 59.4 cm³/mol. The van der Waals surface area contributed by atoms with E-state index in [-0.39, 0.29) is 5.82 Å². The lowest BCUT2D eigenvalue weighted by molar-refractivity contribution is -0.0610. The van der Waals surface area contributed by atoms with Crippen molar-refractivity contribution in [1.82, 2.24) is 9.55 Å². The Morgan fingerprint density at radius 2 is 2.39 bits per heavy atom. The van der Waals surface area contributed by atoms with Crippen molar-refractivity contribution in [3.63, 3.8) is 0 Å². The molecule has 0 amide bonds. The number of alkyl halides is 1. The lowest BCUT2D eigenvalue weighted by Crippen LogP contribution is -2.42. The van der Waals surface area contributed by atoms with Gasteiger partial charge in [-0.05, 0) is 13.0 Å². The number of nitrogens with zero attached hydrogens (tertiary/aromatic N) is 2. The largest absolute Gasteiger partial charge is 0.394 e. The number of aromatic nitrogens is 2. The van der Waals surface area contributed by atoms with Crippen molar-refractivity contribution in [1.29, 1.82) is 0 Å². The molecular weight excluding hydrogens is 245 g/mol. The van der Waals surface area contributed by atoms with Gasteiger partial charge in [0.1, 0.15) is 18.0 Å². The molecule has 1 aliphatic heterocycles. The fourth-order valence-electron chi connectivity index (χ4n) is 1.97. The Bertz CT molecular complexity index is 504. The van der Waals surface area contributed by atoms with E-state index in [2.05, 4.69) is 4.98 Å². The number of hydrogen-bond acceptors (Lipinski definition) is 6. The number of halogens is 1. The fraction of sp³-hybridized carbons (Fsp3) is 0.600. The molecule has 0 bridgehead atoms. The smallest absolute Gasteiger partial charge is 0.351 e. The predicted octanol–water partition coefficient (Wildman–Crippen LogP) is -1.20. The van der Waals surface area contributed by atoms with Gasteiger partial charge >= 0.3 is 5.69 Å². The molecular formula is C10H14FN3O4. The Labute approximate surface area is 102 Å². The van der Waals surface area contributed by atoms with Crippen LogP contribution in [-0.2, 0) is 4.74 Å². The third-order valence-electron chi connectivity index (χ3n) is 3.00. The summed E-state index contributed by atoms with van der Waals surface area (Å²) < 4.78 is 20.4. The third-order valence-corrected chi connectivity index (χ3v) is 3.00. The van der Waals surface area contributed by atoms with Gasteiger partial charge < -0.3 is 20.7 Å². The van der Waals surface area contributed by atoms with E-state index < -0.39 is 36.4 Å². The van der Waals surface area contributed by atoms with Crippen LogP contribution in [0.3, 0.4) is 0 Å². The molecule has 1 aliphatic rings. The number of aliphatic hydroxyl groups is 2. The standard InChI is InChI=1S/C10H14FN3O4/c1-10(11)7(16)5(4-15)18-8(10)14-3-2-6(12)13-9(14)17/h2-3,5,7-8,15-16H,4H2,1H3,(H2,12,13,17)/t5-,7?,8-,10?/m1/s1. The second kappa shape index (κ2) is 4.30. The Morgan fingerprint density at radius 1 is 1.72 bits per heavy atom. The van der Waals surface area contributed by atoms with Gasteiger partial charge in [-0.1, -0.05) is 0 Å². The molecule has 7 nitrogen and oxygen atoms in total. The molecule has 1 aromatic rings. The second-order valence-corrected chi connectivity index (χ2v) is 4.35. The Balaban J connectivity index is 2.42. The minimum atomic E-state index is -2.21. The Hall–Kier alpha value is -1.51. The van der Waals surface area contributed by atoms with Gasteiger partial charge in [0.05, 0.1) is 6.61 Å². The van der Waals surface area contributed by atoms with E-state index >= 15 is 0 Å². The minimum Gasteiger partial charge on any atom is -0.394 e. The molecule has 8 heteroatoms. The average Bonchev–Trinajstić information content (AvgIpc) is 2.52. The highest BCUT2D eigenvalue weighted by Gasteiger charge is 2.55. The van der Waals surface area contributed by atoms with Crippen LogP contribution in [0.2, 0.25) is 0 Å². The van der Waals surface area contributed by atoms with E-state index in [1.165, 1.54) is 12.3 Å². The first-order valence-electron chi connectivity index (χ1n) is 5.36. The van der Waals surface area contributed by atoms with Crippen LogP contribution in [0, 0.1) is 0 Å². The second-order valence-electron chi connectivity index (χ2n) is 4.35. The Kier molecular flexibility index (Phi) is 3.09. The highest BCUT2D eigenvalue weighted by Crippen LogP contribution is 2.40. The molecule has 100 valence electrons. The molecule has 18 heavy (non-hydrogen) atoms. The van der Waals surface area contributed by atoms with Crippen LogP contribution in [0.25, 0.3) is 0 Å². The number of nitrogen functional groups attached to an aromatic ring is 1. The molecule has 0 radical (unpaired) electrons. The number of aliphatic hydroxyl groups excluding tert-OH is 2. The molecule has 0 saturated carbocycles. The third kappa shape index (κ3) is 1.88.